The Kier molecular flexibility index (Phi) is 6.89. The van der Waals surface area contributed by atoms with E-state index in [0.29, 0.717) is 17.9 Å². The topological polar surface area (TPSA) is 79.7 Å². The van der Waals surface area contributed by atoms with Gasteiger partial charge < -0.3 is 14.7 Å². The van der Waals surface area contributed by atoms with Crippen LogP contribution in [0.15, 0.2) is 83.1 Å². The highest BCUT2D eigenvalue weighted by molar-refractivity contribution is 9.10. The van der Waals surface area contributed by atoms with Gasteiger partial charge in [-0.2, -0.15) is 0 Å². The predicted molar refractivity (Wildman–Crippen MR) is 128 cm³/mol. The first-order valence-corrected chi connectivity index (χ1v) is 11.4. The van der Waals surface area contributed by atoms with Gasteiger partial charge in [-0.3, -0.25) is 14.6 Å². The van der Waals surface area contributed by atoms with E-state index in [9.17, 15) is 14.7 Å². The molecule has 1 saturated heterocycles. The van der Waals surface area contributed by atoms with E-state index in [2.05, 4.69) is 20.9 Å². The molecule has 1 N–H and O–H groups in total. The Morgan fingerprint density at radius 1 is 1.09 bits per heavy atom. The van der Waals surface area contributed by atoms with E-state index in [4.69, 9.17) is 4.74 Å². The Morgan fingerprint density at radius 2 is 1.82 bits per heavy atom. The molecule has 2 heterocycles. The summed E-state index contributed by atoms with van der Waals surface area (Å²) in [7, 11) is 0. The Balaban J connectivity index is 1.81. The van der Waals surface area contributed by atoms with Gasteiger partial charge >= 0.3 is 0 Å². The number of ketones is 1. The van der Waals surface area contributed by atoms with Crippen molar-refractivity contribution in [2.24, 2.45) is 0 Å². The van der Waals surface area contributed by atoms with E-state index >= 15 is 0 Å². The van der Waals surface area contributed by atoms with Gasteiger partial charge in [0.2, 0.25) is 0 Å². The van der Waals surface area contributed by atoms with Crippen molar-refractivity contribution >= 4 is 33.4 Å². The summed E-state index contributed by atoms with van der Waals surface area (Å²) in [5.41, 5.74) is 2.05. The van der Waals surface area contributed by atoms with Gasteiger partial charge in [-0.1, -0.05) is 47.1 Å². The molecule has 6 nitrogen and oxygen atoms in total. The van der Waals surface area contributed by atoms with Crippen molar-refractivity contribution in [3.8, 4) is 5.75 Å². The van der Waals surface area contributed by atoms with Crippen molar-refractivity contribution in [2.45, 2.75) is 25.9 Å². The average Bonchev–Trinajstić information content (AvgIpc) is 3.08. The SMILES string of the molecule is CCCOc1cccc(C(O)=C2C(=O)C(=O)N(Cc3ccncc3)C2c2ccc(Br)cc2)c1. The van der Waals surface area contributed by atoms with Crippen LogP contribution in [-0.2, 0) is 16.1 Å². The summed E-state index contributed by atoms with van der Waals surface area (Å²) in [4.78, 5) is 31.8. The van der Waals surface area contributed by atoms with Crippen LogP contribution >= 0.6 is 15.9 Å². The largest absolute Gasteiger partial charge is 0.507 e. The van der Waals surface area contributed by atoms with E-state index < -0.39 is 17.7 Å². The van der Waals surface area contributed by atoms with Gasteiger partial charge in [0.05, 0.1) is 18.2 Å². The minimum absolute atomic E-state index is 0.0593. The molecule has 0 aliphatic carbocycles. The van der Waals surface area contributed by atoms with Crippen molar-refractivity contribution < 1.29 is 19.4 Å². The molecule has 0 radical (unpaired) electrons. The first kappa shape index (κ1) is 22.7. The van der Waals surface area contributed by atoms with Crippen molar-refractivity contribution in [1.29, 1.82) is 0 Å². The monoisotopic (exact) mass is 506 g/mol. The number of halogens is 1. The molecule has 1 aromatic heterocycles. The Hall–Kier alpha value is -3.45. The van der Waals surface area contributed by atoms with Crippen LogP contribution in [0.2, 0.25) is 0 Å². The predicted octanol–water partition coefficient (Wildman–Crippen LogP) is 5.25. The highest BCUT2D eigenvalue weighted by Crippen LogP contribution is 2.40. The van der Waals surface area contributed by atoms with Crippen molar-refractivity contribution in [3.05, 3.63) is 99.8 Å². The normalized spacial score (nSPS) is 17.4. The molecule has 1 unspecified atom stereocenters. The number of amides is 1. The smallest absolute Gasteiger partial charge is 0.295 e. The minimum Gasteiger partial charge on any atom is -0.507 e. The number of aliphatic hydroxyl groups is 1. The lowest BCUT2D eigenvalue weighted by molar-refractivity contribution is -0.140. The fourth-order valence-corrected chi connectivity index (χ4v) is 4.09. The second-order valence-electron chi connectivity index (χ2n) is 7.71. The molecule has 2 aromatic carbocycles. The Bertz CT molecular complexity index is 1190. The lowest BCUT2D eigenvalue weighted by atomic mass is 9.95. The van der Waals surface area contributed by atoms with E-state index in [1.807, 2.05) is 31.2 Å². The molecule has 0 spiro atoms. The molecule has 1 atom stereocenters. The van der Waals surface area contributed by atoms with Crippen LogP contribution in [0.3, 0.4) is 0 Å². The number of benzene rings is 2. The molecule has 168 valence electrons. The molecule has 0 bridgehead atoms. The highest BCUT2D eigenvalue weighted by atomic mass is 79.9. The summed E-state index contributed by atoms with van der Waals surface area (Å²) in [6.45, 7) is 2.76. The molecule has 1 amide bonds. The lowest BCUT2D eigenvalue weighted by Crippen LogP contribution is -2.29. The molecule has 7 heteroatoms. The number of aromatic nitrogens is 1. The number of carbonyl (C=O) groups excluding carboxylic acids is 2. The number of hydrogen-bond donors (Lipinski definition) is 1. The molecule has 1 aliphatic rings. The number of nitrogens with zero attached hydrogens (tertiary/aromatic N) is 2. The van der Waals surface area contributed by atoms with Crippen LogP contribution in [0.4, 0.5) is 0 Å². The maximum absolute atomic E-state index is 13.2. The van der Waals surface area contributed by atoms with Crippen LogP contribution in [0, 0.1) is 0 Å². The van der Waals surface area contributed by atoms with E-state index in [0.717, 1.165) is 22.0 Å². The number of Topliss-reactive ketones (excluding diaryl/α,β-unsaturated/α-hetero) is 1. The van der Waals surface area contributed by atoms with Crippen LogP contribution in [0.25, 0.3) is 5.76 Å². The molecule has 3 aromatic rings. The van der Waals surface area contributed by atoms with Crippen LogP contribution in [0.1, 0.15) is 36.1 Å². The van der Waals surface area contributed by atoms with Gasteiger partial charge in [0.15, 0.2) is 0 Å². The van der Waals surface area contributed by atoms with E-state index in [1.54, 1.807) is 48.8 Å². The zero-order valence-corrected chi connectivity index (χ0v) is 19.7. The van der Waals surface area contributed by atoms with Gasteiger partial charge in [-0.05, 0) is 53.9 Å². The third kappa shape index (κ3) is 4.83. The number of likely N-dealkylation sites (tertiary alicyclic amines) is 1. The molecule has 0 saturated carbocycles. The number of rotatable bonds is 7. The summed E-state index contributed by atoms with van der Waals surface area (Å²) in [6.07, 6.45) is 4.13. The average molecular weight is 507 g/mol. The highest BCUT2D eigenvalue weighted by Gasteiger charge is 2.46. The molecular weight excluding hydrogens is 484 g/mol. The second kappa shape index (κ2) is 10.0. The first-order valence-electron chi connectivity index (χ1n) is 10.7. The summed E-state index contributed by atoms with van der Waals surface area (Å²) in [5, 5.41) is 11.2. The maximum Gasteiger partial charge on any atom is 0.295 e. The van der Waals surface area contributed by atoms with Crippen molar-refractivity contribution in [2.75, 3.05) is 6.61 Å². The van der Waals surface area contributed by atoms with Gasteiger partial charge in [0.1, 0.15) is 11.5 Å². The van der Waals surface area contributed by atoms with Gasteiger partial charge in [0.25, 0.3) is 11.7 Å². The summed E-state index contributed by atoms with van der Waals surface area (Å²) >= 11 is 3.43. The maximum atomic E-state index is 13.2. The summed E-state index contributed by atoms with van der Waals surface area (Å²) in [6, 6.07) is 17.2. The lowest BCUT2D eigenvalue weighted by Gasteiger charge is -2.25. The van der Waals surface area contributed by atoms with Crippen molar-refractivity contribution in [1.82, 2.24) is 9.88 Å². The summed E-state index contributed by atoms with van der Waals surface area (Å²) in [5.74, 6) is -0.999. The first-order chi connectivity index (χ1) is 16.0. The quantitative estimate of drug-likeness (QED) is 0.268. The van der Waals surface area contributed by atoms with Crippen LogP contribution in [0.5, 0.6) is 5.75 Å². The molecule has 33 heavy (non-hydrogen) atoms. The number of hydrogen-bond acceptors (Lipinski definition) is 5. The second-order valence-corrected chi connectivity index (χ2v) is 8.63. The standard InChI is InChI=1S/C26H23BrN2O4/c1-2-14-33-21-5-3-4-19(15-21)24(30)22-23(18-6-8-20(27)9-7-18)29(26(32)25(22)31)16-17-10-12-28-13-11-17/h3-13,15,23,30H,2,14,16H2,1H3. The number of aliphatic hydroxyl groups excluding tert-OH is 1. The van der Waals surface area contributed by atoms with E-state index in [-0.39, 0.29) is 17.9 Å². The number of pyridine rings is 1. The van der Waals surface area contributed by atoms with Crippen molar-refractivity contribution in [3.63, 3.8) is 0 Å². The summed E-state index contributed by atoms with van der Waals surface area (Å²) < 4.78 is 6.55. The van der Waals surface area contributed by atoms with Gasteiger partial charge in [-0.25, -0.2) is 0 Å². The zero-order chi connectivity index (χ0) is 23.4. The Labute approximate surface area is 200 Å². The van der Waals surface area contributed by atoms with Gasteiger partial charge in [-0.15, -0.1) is 0 Å². The fourth-order valence-electron chi connectivity index (χ4n) is 3.83. The van der Waals surface area contributed by atoms with Crippen LogP contribution < -0.4 is 4.74 Å². The molecule has 1 aliphatic heterocycles. The third-order valence-corrected chi connectivity index (χ3v) is 5.94. The number of ether oxygens (including phenoxy) is 1. The molecule has 1 fully saturated rings. The third-order valence-electron chi connectivity index (χ3n) is 5.41. The van der Waals surface area contributed by atoms with E-state index in [1.165, 1.54) is 4.90 Å². The minimum atomic E-state index is -0.730. The van der Waals surface area contributed by atoms with Gasteiger partial charge in [0, 0.05) is 29.0 Å². The van der Waals surface area contributed by atoms with Crippen LogP contribution in [-0.4, -0.2) is 33.3 Å². The fraction of sp³-hybridized carbons (Fsp3) is 0.192. The Morgan fingerprint density at radius 3 is 2.52 bits per heavy atom. The zero-order valence-electron chi connectivity index (χ0n) is 18.1. The molecular formula is C26H23BrN2O4. The number of carbonyl (C=O) groups is 2. The molecule has 4 rings (SSSR count).